The van der Waals surface area contributed by atoms with Crippen molar-refractivity contribution in [2.75, 3.05) is 38.7 Å². The lowest BCUT2D eigenvalue weighted by atomic mass is 9.74. The molecule has 1 N–H and O–H groups in total. The first-order valence-corrected chi connectivity index (χ1v) is 11.3. The number of benzene rings is 2. The van der Waals surface area contributed by atoms with Crippen LogP contribution in [0.15, 0.2) is 48.5 Å². The Hall–Kier alpha value is -2.37. The van der Waals surface area contributed by atoms with Gasteiger partial charge < -0.3 is 14.8 Å². The van der Waals surface area contributed by atoms with Gasteiger partial charge in [-0.05, 0) is 86.5 Å². The highest BCUT2D eigenvalue weighted by Gasteiger charge is 2.34. The molecule has 0 radical (unpaired) electrons. The van der Waals surface area contributed by atoms with Gasteiger partial charge in [-0.25, -0.2) is 0 Å². The van der Waals surface area contributed by atoms with Gasteiger partial charge in [0, 0.05) is 25.8 Å². The summed E-state index contributed by atoms with van der Waals surface area (Å²) in [5.74, 6) is 0.871. The van der Waals surface area contributed by atoms with Gasteiger partial charge in [0.05, 0.1) is 13.7 Å². The summed E-state index contributed by atoms with van der Waals surface area (Å²) in [5, 5.41) is 2.83. The van der Waals surface area contributed by atoms with E-state index in [1.54, 1.807) is 7.11 Å². The van der Waals surface area contributed by atoms with E-state index in [1.165, 1.54) is 18.1 Å². The van der Waals surface area contributed by atoms with Crippen LogP contribution >= 0.6 is 0 Å². The third-order valence-electron chi connectivity index (χ3n) is 6.31. The molecule has 1 amide bonds. The van der Waals surface area contributed by atoms with Gasteiger partial charge in [0.2, 0.25) is 5.91 Å². The lowest BCUT2D eigenvalue weighted by Crippen LogP contribution is -2.42. The Kier molecular flexibility index (Phi) is 8.50. The fourth-order valence-electron chi connectivity index (χ4n) is 4.33. The number of nitrogens with zero attached hydrogens (tertiary/aromatic N) is 1. The van der Waals surface area contributed by atoms with Crippen LogP contribution in [-0.4, -0.2) is 44.2 Å². The quantitative estimate of drug-likeness (QED) is 0.589. The zero-order valence-electron chi connectivity index (χ0n) is 19.2. The summed E-state index contributed by atoms with van der Waals surface area (Å²) in [7, 11) is 1.71. The van der Waals surface area contributed by atoms with Crippen molar-refractivity contribution in [2.45, 2.75) is 46.1 Å². The predicted octanol–water partition coefficient (Wildman–Crippen LogP) is 4.91. The van der Waals surface area contributed by atoms with Crippen LogP contribution in [0.5, 0.6) is 5.75 Å². The third kappa shape index (κ3) is 7.08. The molecule has 0 saturated carbocycles. The second-order valence-corrected chi connectivity index (χ2v) is 8.64. The Morgan fingerprint density at radius 1 is 1.03 bits per heavy atom. The molecule has 0 aliphatic carbocycles. The number of amides is 1. The lowest BCUT2D eigenvalue weighted by Gasteiger charge is -2.42. The average molecular weight is 425 g/mol. The number of hydrogen-bond acceptors (Lipinski definition) is 4. The highest BCUT2D eigenvalue weighted by Crippen LogP contribution is 2.37. The van der Waals surface area contributed by atoms with Crippen LogP contribution in [-0.2, 0) is 22.5 Å². The van der Waals surface area contributed by atoms with Crippen LogP contribution in [0.3, 0.4) is 0 Å². The molecule has 1 aliphatic heterocycles. The standard InChI is InChI=1S/C26H36N2O3/c1-4-31-20-26(14-13-22-7-11-25(30-3)12-8-22)15-17-28(18-16-26)19-23-5-9-24(10-6-23)27-21(2)29/h5-12H,4,13-20H2,1-3H3,(H,27,29). The molecule has 1 fully saturated rings. The smallest absolute Gasteiger partial charge is 0.221 e. The highest BCUT2D eigenvalue weighted by atomic mass is 16.5. The Balaban J connectivity index is 1.54. The van der Waals surface area contributed by atoms with Crippen LogP contribution in [0.4, 0.5) is 5.69 Å². The van der Waals surface area contributed by atoms with Gasteiger partial charge in [0.25, 0.3) is 0 Å². The topological polar surface area (TPSA) is 50.8 Å². The molecular weight excluding hydrogens is 388 g/mol. The fraction of sp³-hybridized carbons (Fsp3) is 0.500. The molecule has 1 aliphatic rings. The minimum absolute atomic E-state index is 0.0379. The highest BCUT2D eigenvalue weighted by molar-refractivity contribution is 5.88. The van der Waals surface area contributed by atoms with Crippen molar-refractivity contribution in [1.29, 1.82) is 0 Å². The number of carbonyl (C=O) groups is 1. The van der Waals surface area contributed by atoms with Crippen LogP contribution in [0.2, 0.25) is 0 Å². The number of likely N-dealkylation sites (tertiary alicyclic amines) is 1. The second-order valence-electron chi connectivity index (χ2n) is 8.64. The van der Waals surface area contributed by atoms with E-state index in [4.69, 9.17) is 9.47 Å². The fourth-order valence-corrected chi connectivity index (χ4v) is 4.33. The minimum atomic E-state index is -0.0379. The lowest BCUT2D eigenvalue weighted by molar-refractivity contribution is -0.114. The Bertz CT molecular complexity index is 810. The zero-order valence-corrected chi connectivity index (χ0v) is 19.2. The Labute approximate surface area is 186 Å². The van der Waals surface area contributed by atoms with Gasteiger partial charge in [-0.3, -0.25) is 9.69 Å². The largest absolute Gasteiger partial charge is 0.497 e. The zero-order chi connectivity index (χ0) is 22.1. The summed E-state index contributed by atoms with van der Waals surface area (Å²) >= 11 is 0. The number of aryl methyl sites for hydroxylation is 1. The van der Waals surface area contributed by atoms with Gasteiger partial charge in [-0.2, -0.15) is 0 Å². The summed E-state index contributed by atoms with van der Waals surface area (Å²) in [6.45, 7) is 8.35. The van der Waals surface area contributed by atoms with E-state index in [0.717, 1.165) is 70.0 Å². The molecule has 168 valence electrons. The second kappa shape index (κ2) is 11.3. The third-order valence-corrected chi connectivity index (χ3v) is 6.31. The molecule has 5 nitrogen and oxygen atoms in total. The van der Waals surface area contributed by atoms with E-state index in [2.05, 4.69) is 41.4 Å². The van der Waals surface area contributed by atoms with Crippen molar-refractivity contribution in [3.05, 3.63) is 59.7 Å². The number of ether oxygens (including phenoxy) is 2. The predicted molar refractivity (Wildman–Crippen MR) is 125 cm³/mol. The first kappa shape index (κ1) is 23.3. The van der Waals surface area contributed by atoms with E-state index < -0.39 is 0 Å². The van der Waals surface area contributed by atoms with E-state index in [1.807, 2.05) is 24.3 Å². The maximum absolute atomic E-state index is 11.2. The van der Waals surface area contributed by atoms with Crippen LogP contribution in [0.1, 0.15) is 44.2 Å². The minimum Gasteiger partial charge on any atom is -0.497 e. The van der Waals surface area contributed by atoms with Crippen molar-refractivity contribution in [3.8, 4) is 5.75 Å². The maximum Gasteiger partial charge on any atom is 0.221 e. The van der Waals surface area contributed by atoms with Gasteiger partial charge in [-0.15, -0.1) is 0 Å². The number of piperidine rings is 1. The van der Waals surface area contributed by atoms with Gasteiger partial charge in [0.1, 0.15) is 5.75 Å². The van der Waals surface area contributed by atoms with E-state index in [0.29, 0.717) is 0 Å². The number of methoxy groups -OCH3 is 1. The Morgan fingerprint density at radius 2 is 1.68 bits per heavy atom. The van der Waals surface area contributed by atoms with E-state index in [-0.39, 0.29) is 11.3 Å². The van der Waals surface area contributed by atoms with Crippen molar-refractivity contribution in [1.82, 2.24) is 4.90 Å². The number of rotatable bonds is 10. The molecule has 0 bridgehead atoms. The molecule has 0 spiro atoms. The molecule has 1 heterocycles. The number of hydrogen-bond donors (Lipinski definition) is 1. The molecule has 5 heteroatoms. The summed E-state index contributed by atoms with van der Waals surface area (Å²) in [6.07, 6.45) is 4.54. The summed E-state index contributed by atoms with van der Waals surface area (Å²) < 4.78 is 11.2. The monoisotopic (exact) mass is 424 g/mol. The molecule has 0 unspecified atom stereocenters. The summed E-state index contributed by atoms with van der Waals surface area (Å²) in [5.41, 5.74) is 3.74. The SMILES string of the molecule is CCOCC1(CCc2ccc(OC)cc2)CCN(Cc2ccc(NC(C)=O)cc2)CC1. The number of anilines is 1. The summed E-state index contributed by atoms with van der Waals surface area (Å²) in [4.78, 5) is 13.7. The van der Waals surface area contributed by atoms with Gasteiger partial charge >= 0.3 is 0 Å². The number of nitrogens with one attached hydrogen (secondary N) is 1. The Morgan fingerprint density at radius 3 is 2.26 bits per heavy atom. The molecule has 0 atom stereocenters. The molecule has 1 saturated heterocycles. The molecule has 3 rings (SSSR count). The van der Waals surface area contributed by atoms with Gasteiger partial charge in [-0.1, -0.05) is 24.3 Å². The molecule has 2 aromatic rings. The van der Waals surface area contributed by atoms with Gasteiger partial charge in [0.15, 0.2) is 0 Å². The maximum atomic E-state index is 11.2. The van der Waals surface area contributed by atoms with Crippen LogP contribution < -0.4 is 10.1 Å². The van der Waals surface area contributed by atoms with E-state index in [9.17, 15) is 4.79 Å². The number of carbonyl (C=O) groups excluding carboxylic acids is 1. The van der Waals surface area contributed by atoms with Crippen molar-refractivity contribution in [2.24, 2.45) is 5.41 Å². The summed E-state index contributed by atoms with van der Waals surface area (Å²) in [6, 6.07) is 16.6. The molecule has 0 aromatic heterocycles. The molecule has 31 heavy (non-hydrogen) atoms. The first-order valence-electron chi connectivity index (χ1n) is 11.3. The van der Waals surface area contributed by atoms with Crippen molar-refractivity contribution in [3.63, 3.8) is 0 Å². The van der Waals surface area contributed by atoms with Crippen molar-refractivity contribution < 1.29 is 14.3 Å². The van der Waals surface area contributed by atoms with Crippen LogP contribution in [0, 0.1) is 5.41 Å². The van der Waals surface area contributed by atoms with E-state index >= 15 is 0 Å². The van der Waals surface area contributed by atoms with Crippen molar-refractivity contribution >= 4 is 11.6 Å². The first-order chi connectivity index (χ1) is 15.0. The normalized spacial score (nSPS) is 16.1. The molecular formula is C26H36N2O3. The average Bonchev–Trinajstić information content (AvgIpc) is 2.79. The van der Waals surface area contributed by atoms with Crippen LogP contribution in [0.25, 0.3) is 0 Å². The molecule has 2 aromatic carbocycles.